The molecule has 0 aromatic heterocycles. The number of anilines is 3. The number of nitrogens with zero attached hydrogens (tertiary/aromatic N) is 1. The molecule has 0 amide bonds. The SMILES string of the molecule is CC1(C)c2ccc(-c3cc4ccccc4c4ccccc34)cc2-c2c(-c3ccc(N(c4ccccc4)c4ccccc4)cc3)ccc3cccc1c23. The number of hydrogen-bond acceptors (Lipinski definition) is 1. The van der Waals surface area contributed by atoms with Crippen LogP contribution in [-0.4, -0.2) is 0 Å². The van der Waals surface area contributed by atoms with E-state index in [-0.39, 0.29) is 5.41 Å². The molecular formula is C51H37N. The second-order valence-electron chi connectivity index (χ2n) is 14.5. The van der Waals surface area contributed by atoms with E-state index in [2.05, 4.69) is 207 Å². The smallest absolute Gasteiger partial charge is 0.0462 e. The zero-order chi connectivity index (χ0) is 34.8. The Morgan fingerprint density at radius 3 is 1.69 bits per heavy atom. The molecule has 0 saturated carbocycles. The fourth-order valence-electron chi connectivity index (χ4n) is 8.71. The van der Waals surface area contributed by atoms with Crippen LogP contribution in [0.25, 0.3) is 65.7 Å². The van der Waals surface area contributed by atoms with Gasteiger partial charge in [-0.05, 0) is 125 Å². The van der Waals surface area contributed by atoms with Gasteiger partial charge < -0.3 is 4.90 Å². The van der Waals surface area contributed by atoms with Crippen LogP contribution in [-0.2, 0) is 5.41 Å². The standard InChI is InChI=1S/C51H37N/c1-51(2)47-31-27-37(45-32-36-14-9-10-20-41(36)43-21-11-12-22-44(43)45)33-46(47)50-42(30-26-35-15-13-23-48(51)49(35)50)34-24-28-40(29-25-34)52(38-16-5-3-6-17-38)39-18-7-4-8-19-39/h3-33H,1-2H3. The van der Waals surface area contributed by atoms with Crippen molar-refractivity contribution in [3.05, 3.63) is 199 Å². The molecule has 9 aromatic carbocycles. The summed E-state index contributed by atoms with van der Waals surface area (Å²) in [4.78, 5) is 2.32. The molecule has 0 saturated heterocycles. The number of fused-ring (bicyclic) bond motifs is 5. The summed E-state index contributed by atoms with van der Waals surface area (Å²) in [5.41, 5.74) is 13.6. The van der Waals surface area contributed by atoms with Crippen molar-refractivity contribution in [1.82, 2.24) is 0 Å². The van der Waals surface area contributed by atoms with E-state index < -0.39 is 0 Å². The maximum atomic E-state index is 2.47. The van der Waals surface area contributed by atoms with Gasteiger partial charge in [-0.1, -0.05) is 153 Å². The molecule has 1 aliphatic rings. The molecule has 0 spiro atoms. The summed E-state index contributed by atoms with van der Waals surface area (Å²) in [6, 6.07) is 69.1. The quantitative estimate of drug-likeness (QED) is 0.166. The van der Waals surface area contributed by atoms with E-state index in [9.17, 15) is 0 Å². The van der Waals surface area contributed by atoms with Crippen molar-refractivity contribution in [3.8, 4) is 33.4 Å². The van der Waals surface area contributed by atoms with Gasteiger partial charge in [-0.3, -0.25) is 0 Å². The van der Waals surface area contributed by atoms with Gasteiger partial charge in [0, 0.05) is 22.5 Å². The third-order valence-corrected chi connectivity index (χ3v) is 11.2. The second kappa shape index (κ2) is 11.8. The minimum Gasteiger partial charge on any atom is -0.311 e. The summed E-state index contributed by atoms with van der Waals surface area (Å²) < 4.78 is 0. The summed E-state index contributed by atoms with van der Waals surface area (Å²) in [6.07, 6.45) is 0. The Kier molecular flexibility index (Phi) is 6.91. The second-order valence-corrected chi connectivity index (χ2v) is 14.5. The lowest BCUT2D eigenvalue weighted by Gasteiger charge is -2.36. The van der Waals surface area contributed by atoms with Crippen molar-refractivity contribution in [3.63, 3.8) is 0 Å². The van der Waals surface area contributed by atoms with Crippen LogP contribution < -0.4 is 4.90 Å². The Hall–Kier alpha value is -6.44. The third-order valence-electron chi connectivity index (χ3n) is 11.2. The number of benzene rings is 9. The van der Waals surface area contributed by atoms with E-state index in [0.29, 0.717) is 0 Å². The van der Waals surface area contributed by atoms with E-state index in [0.717, 1.165) is 17.1 Å². The minimum atomic E-state index is -0.153. The molecule has 0 unspecified atom stereocenters. The van der Waals surface area contributed by atoms with Gasteiger partial charge in [-0.25, -0.2) is 0 Å². The normalized spacial score (nSPS) is 13.0. The zero-order valence-corrected chi connectivity index (χ0v) is 29.3. The van der Waals surface area contributed by atoms with E-state index in [1.165, 1.54) is 76.8 Å². The lowest BCUT2D eigenvalue weighted by atomic mass is 9.67. The molecule has 1 nitrogen and oxygen atoms in total. The molecule has 0 fully saturated rings. The van der Waals surface area contributed by atoms with Gasteiger partial charge in [-0.15, -0.1) is 0 Å². The van der Waals surface area contributed by atoms with Gasteiger partial charge >= 0.3 is 0 Å². The van der Waals surface area contributed by atoms with E-state index >= 15 is 0 Å². The van der Waals surface area contributed by atoms with Crippen LogP contribution in [0.15, 0.2) is 188 Å². The van der Waals surface area contributed by atoms with Crippen molar-refractivity contribution in [1.29, 1.82) is 0 Å². The van der Waals surface area contributed by atoms with Crippen LogP contribution in [0.5, 0.6) is 0 Å². The largest absolute Gasteiger partial charge is 0.311 e. The molecule has 10 rings (SSSR count). The van der Waals surface area contributed by atoms with Crippen molar-refractivity contribution in [2.75, 3.05) is 4.90 Å². The molecule has 0 bridgehead atoms. The fourth-order valence-corrected chi connectivity index (χ4v) is 8.71. The predicted octanol–water partition coefficient (Wildman–Crippen LogP) is 14.3. The van der Waals surface area contributed by atoms with Gasteiger partial charge in [0.2, 0.25) is 0 Å². The Morgan fingerprint density at radius 1 is 0.365 bits per heavy atom. The first-order valence-corrected chi connectivity index (χ1v) is 18.2. The minimum absolute atomic E-state index is 0.153. The highest BCUT2D eigenvalue weighted by Crippen LogP contribution is 2.53. The van der Waals surface area contributed by atoms with Crippen LogP contribution in [0.2, 0.25) is 0 Å². The van der Waals surface area contributed by atoms with Gasteiger partial charge in [0.25, 0.3) is 0 Å². The zero-order valence-electron chi connectivity index (χ0n) is 29.3. The summed E-state index contributed by atoms with van der Waals surface area (Å²) in [7, 11) is 0. The van der Waals surface area contributed by atoms with Gasteiger partial charge in [0.1, 0.15) is 0 Å². The third kappa shape index (κ3) is 4.70. The highest BCUT2D eigenvalue weighted by Gasteiger charge is 2.35. The first kappa shape index (κ1) is 30.4. The van der Waals surface area contributed by atoms with Crippen molar-refractivity contribution in [2.24, 2.45) is 0 Å². The molecule has 1 heteroatoms. The monoisotopic (exact) mass is 663 g/mol. The first-order valence-electron chi connectivity index (χ1n) is 18.2. The highest BCUT2D eigenvalue weighted by molar-refractivity contribution is 6.15. The Bertz CT molecular complexity index is 2750. The topological polar surface area (TPSA) is 3.24 Å². The summed E-state index contributed by atoms with van der Waals surface area (Å²) in [6.45, 7) is 4.77. The Balaban J connectivity index is 1.18. The molecule has 0 atom stereocenters. The van der Waals surface area contributed by atoms with Crippen LogP contribution >= 0.6 is 0 Å². The molecular weight excluding hydrogens is 627 g/mol. The molecule has 0 heterocycles. The highest BCUT2D eigenvalue weighted by atomic mass is 15.1. The lowest BCUT2D eigenvalue weighted by Crippen LogP contribution is -2.24. The van der Waals surface area contributed by atoms with E-state index in [1.807, 2.05) is 0 Å². The fraction of sp³-hybridized carbons (Fsp3) is 0.0588. The summed E-state index contributed by atoms with van der Waals surface area (Å²) in [5.74, 6) is 0. The number of para-hydroxylation sites is 2. The van der Waals surface area contributed by atoms with Crippen LogP contribution in [0.1, 0.15) is 25.0 Å². The van der Waals surface area contributed by atoms with Gasteiger partial charge in [-0.2, -0.15) is 0 Å². The predicted molar refractivity (Wildman–Crippen MR) is 222 cm³/mol. The summed E-state index contributed by atoms with van der Waals surface area (Å²) >= 11 is 0. The molecule has 0 N–H and O–H groups in total. The maximum Gasteiger partial charge on any atom is 0.0462 e. The number of hydrogen-bond donors (Lipinski definition) is 0. The van der Waals surface area contributed by atoms with Crippen LogP contribution in [0, 0.1) is 0 Å². The molecule has 0 aliphatic heterocycles. The van der Waals surface area contributed by atoms with Crippen LogP contribution in [0.3, 0.4) is 0 Å². The molecule has 9 aromatic rings. The van der Waals surface area contributed by atoms with Gasteiger partial charge in [0.15, 0.2) is 0 Å². The molecule has 1 aliphatic carbocycles. The van der Waals surface area contributed by atoms with Crippen molar-refractivity contribution in [2.45, 2.75) is 19.3 Å². The van der Waals surface area contributed by atoms with E-state index in [4.69, 9.17) is 0 Å². The average molecular weight is 664 g/mol. The number of rotatable bonds is 5. The molecule has 0 radical (unpaired) electrons. The summed E-state index contributed by atoms with van der Waals surface area (Å²) in [5, 5.41) is 7.78. The average Bonchev–Trinajstić information content (AvgIpc) is 3.20. The van der Waals surface area contributed by atoms with Gasteiger partial charge in [0.05, 0.1) is 0 Å². The maximum absolute atomic E-state index is 2.47. The van der Waals surface area contributed by atoms with E-state index in [1.54, 1.807) is 0 Å². The first-order chi connectivity index (χ1) is 25.6. The van der Waals surface area contributed by atoms with Crippen molar-refractivity contribution >= 4 is 49.4 Å². The lowest BCUT2D eigenvalue weighted by molar-refractivity contribution is 0.645. The van der Waals surface area contributed by atoms with Crippen LogP contribution in [0.4, 0.5) is 17.1 Å². The van der Waals surface area contributed by atoms with Crippen molar-refractivity contribution < 1.29 is 0 Å². The molecule has 246 valence electrons. The molecule has 52 heavy (non-hydrogen) atoms. The Labute approximate surface area is 305 Å². The Morgan fingerprint density at radius 2 is 0.962 bits per heavy atom.